The van der Waals surface area contributed by atoms with Gasteiger partial charge in [0.25, 0.3) is 0 Å². The fourth-order valence-corrected chi connectivity index (χ4v) is 25.1. The van der Waals surface area contributed by atoms with Crippen molar-refractivity contribution >= 4 is 74.1 Å². The molecule has 0 unspecified atom stereocenters. The average molecular weight is 749 g/mol. The average Bonchev–Trinajstić information content (AvgIpc) is 3.39. The van der Waals surface area contributed by atoms with Crippen LogP contribution in [0.25, 0.3) is 0 Å². The summed E-state index contributed by atoms with van der Waals surface area (Å²) in [5.41, 5.74) is 17.2. The predicted molar refractivity (Wildman–Crippen MR) is 208 cm³/mol. The third-order valence-electron chi connectivity index (χ3n) is 8.81. The van der Waals surface area contributed by atoms with Gasteiger partial charge < -0.3 is 17.2 Å². The summed E-state index contributed by atoms with van der Waals surface area (Å²) >= 11 is 2.15. The van der Waals surface area contributed by atoms with E-state index in [1.807, 2.05) is 0 Å². The molecule has 1 aromatic heterocycles. The number of rotatable bonds is 6. The zero-order chi connectivity index (χ0) is 32.7. The number of thiophene rings is 1. The van der Waals surface area contributed by atoms with Crippen LogP contribution >= 0.6 is 11.3 Å². The van der Waals surface area contributed by atoms with Crippen LogP contribution in [-0.2, 0) is 0 Å². The zero-order valence-corrected chi connectivity index (χ0v) is 42.2. The van der Waals surface area contributed by atoms with Crippen molar-refractivity contribution in [2.75, 3.05) is 0 Å². The molecule has 0 aliphatic rings. The molecule has 0 aliphatic heterocycles. The van der Waals surface area contributed by atoms with Crippen LogP contribution in [0.3, 0.4) is 0 Å². The monoisotopic (exact) mass is 748 g/mol. The summed E-state index contributed by atoms with van der Waals surface area (Å²) < 4.78 is 3.24. The molecule has 1 heterocycles. The molecule has 0 nitrogen and oxygen atoms in total. The van der Waals surface area contributed by atoms with E-state index in [0.717, 1.165) is 17.2 Å². The van der Waals surface area contributed by atoms with Crippen LogP contribution in [0.5, 0.6) is 0 Å². The van der Waals surface area contributed by atoms with Crippen LogP contribution in [0, 0.1) is 83.1 Å². The molecule has 5 aromatic rings. The molecule has 0 fully saturated rings. The van der Waals surface area contributed by atoms with Crippen LogP contribution < -0.4 is 133 Å². The predicted octanol–water partition coefficient (Wildman–Crippen LogP) is -0.272. The fraction of sp³-hybridized carbons (Fsp3) is 0.300. The molecule has 0 radical (unpaired) electrons. The molecule has 0 saturated carbocycles. The van der Waals surface area contributed by atoms with Crippen LogP contribution in [0.1, 0.15) is 66.8 Å². The molecule has 0 spiro atoms. The summed E-state index contributed by atoms with van der Waals surface area (Å²) in [5.74, 6) is 0. The SMILES string of the molecule is Cc1cc(C)c([Si-]=[Si](c2ccc([Si](=[Si-]c3c(C)cc(C)cc3C)c3c(C)cc(C)cc3C)s2)c2c(C)cc(C)cc2C)c(C)c1.[K+].[K+]. The molecule has 0 N–H and O–H groups in total. The van der Waals surface area contributed by atoms with Gasteiger partial charge in [-0.05, 0) is 92.1 Å². The van der Waals surface area contributed by atoms with Gasteiger partial charge in [0.2, 0.25) is 0 Å². The maximum atomic E-state index is 2.54. The molecule has 47 heavy (non-hydrogen) atoms. The first-order valence-electron chi connectivity index (χ1n) is 15.9. The van der Waals surface area contributed by atoms with Gasteiger partial charge >= 0.3 is 103 Å². The van der Waals surface area contributed by atoms with E-state index < -0.39 is 15.8 Å². The maximum Gasteiger partial charge on any atom is 1.00 e. The third kappa shape index (κ3) is 9.78. The van der Waals surface area contributed by atoms with Crippen LogP contribution in [0.2, 0.25) is 0 Å². The Labute approximate surface area is 381 Å². The van der Waals surface area contributed by atoms with Gasteiger partial charge in [-0.2, -0.15) is 11.3 Å². The minimum atomic E-state index is -1.03. The van der Waals surface area contributed by atoms with E-state index in [-0.39, 0.29) is 103 Å². The Hall–Kier alpha value is 0.720. The van der Waals surface area contributed by atoms with Crippen molar-refractivity contribution in [3.63, 3.8) is 0 Å². The zero-order valence-electron chi connectivity index (χ0n) is 31.2. The molecule has 0 atom stereocenters. The summed E-state index contributed by atoms with van der Waals surface area (Å²) in [6, 6.07) is 24.3. The Morgan fingerprint density at radius 2 is 0.617 bits per heavy atom. The molecule has 7 heteroatoms. The molecular weight excluding hydrogens is 703 g/mol. The smallest absolute Gasteiger partial charge is 0.407 e. The van der Waals surface area contributed by atoms with Crippen molar-refractivity contribution in [2.45, 2.75) is 83.1 Å². The molecular formula is C40H46K2SSi4. The summed E-state index contributed by atoms with van der Waals surface area (Å²) in [6.07, 6.45) is 0. The van der Waals surface area contributed by atoms with E-state index in [9.17, 15) is 0 Å². The summed E-state index contributed by atoms with van der Waals surface area (Å²) in [7, 11) is -0.478. The summed E-state index contributed by atoms with van der Waals surface area (Å²) in [5, 5.41) is 6.40. The maximum absolute atomic E-state index is 2.54. The van der Waals surface area contributed by atoms with E-state index in [2.05, 4.69) is 155 Å². The summed E-state index contributed by atoms with van der Waals surface area (Å²) in [6.45, 7) is 27.7. The fourth-order valence-electron chi connectivity index (χ4n) is 7.25. The number of hydrogen-bond acceptors (Lipinski definition) is 1. The first-order valence-corrected chi connectivity index (χ1v) is 23.8. The Morgan fingerprint density at radius 3 is 0.872 bits per heavy atom. The van der Waals surface area contributed by atoms with E-state index >= 15 is 0 Å². The van der Waals surface area contributed by atoms with E-state index in [1.165, 1.54) is 66.8 Å². The van der Waals surface area contributed by atoms with Gasteiger partial charge in [-0.25, -0.2) is 10.4 Å². The second-order valence-electron chi connectivity index (χ2n) is 13.3. The van der Waals surface area contributed by atoms with Gasteiger partial charge in [-0.3, -0.25) is 0 Å². The normalized spacial score (nSPS) is 11.7. The van der Waals surface area contributed by atoms with Crippen molar-refractivity contribution in [3.8, 4) is 0 Å². The van der Waals surface area contributed by atoms with Gasteiger partial charge in [-0.1, -0.05) is 138 Å². The number of aryl methyl sites for hydroxylation is 12. The standard InChI is InChI=1S/C40H46SSi4.2K/c1-23-15-27(5)37(28(6)16-23)42-44(39-31(9)19-25(3)20-32(39)10)35-13-14-36(41-35)45(40-33(11)21-26(4)22-34(40)12)43-38-29(7)17-24(2)18-30(38)8;;/h13-22H,1-12H3;;/q-2;2*+1. The second-order valence-corrected chi connectivity index (χ2v) is 24.6. The quantitative estimate of drug-likeness (QED) is 0.210. The Kier molecular flexibility index (Phi) is 16.1. The second kappa shape index (κ2) is 18.0. The minimum Gasteiger partial charge on any atom is -0.407 e. The van der Waals surface area contributed by atoms with Crippen molar-refractivity contribution in [1.82, 2.24) is 0 Å². The Morgan fingerprint density at radius 1 is 0.383 bits per heavy atom. The first-order chi connectivity index (χ1) is 21.2. The van der Waals surface area contributed by atoms with E-state index in [1.54, 1.807) is 29.7 Å². The topological polar surface area (TPSA) is 0 Å². The summed E-state index contributed by atoms with van der Waals surface area (Å²) in [4.78, 5) is 0. The van der Waals surface area contributed by atoms with Crippen LogP contribution in [-0.4, -0.2) is 33.0 Å². The Balaban J connectivity index is 0.00000300. The number of benzene rings is 4. The molecule has 0 aliphatic carbocycles. The van der Waals surface area contributed by atoms with Gasteiger partial charge in [0.1, 0.15) is 0 Å². The van der Waals surface area contributed by atoms with E-state index in [4.69, 9.17) is 0 Å². The first kappa shape index (κ1) is 42.1. The van der Waals surface area contributed by atoms with Gasteiger partial charge in [0, 0.05) is 0 Å². The van der Waals surface area contributed by atoms with Crippen LogP contribution in [0.4, 0.5) is 0 Å². The van der Waals surface area contributed by atoms with Crippen molar-refractivity contribution in [2.24, 2.45) is 0 Å². The molecule has 5 rings (SSSR count). The Bertz CT molecular complexity index is 1800. The number of hydrogen-bond donors (Lipinski definition) is 0. The van der Waals surface area contributed by atoms with Gasteiger partial charge in [0.15, 0.2) is 0 Å². The van der Waals surface area contributed by atoms with Gasteiger partial charge in [0.05, 0.1) is 0 Å². The van der Waals surface area contributed by atoms with Gasteiger partial charge in [-0.15, -0.1) is 15.8 Å². The van der Waals surface area contributed by atoms with Crippen molar-refractivity contribution < 1.29 is 103 Å². The molecule has 0 amide bonds. The van der Waals surface area contributed by atoms with Crippen molar-refractivity contribution in [3.05, 3.63) is 127 Å². The minimum absolute atomic E-state index is 0. The van der Waals surface area contributed by atoms with E-state index in [0.29, 0.717) is 0 Å². The van der Waals surface area contributed by atoms with Crippen LogP contribution in [0.15, 0.2) is 60.7 Å². The molecule has 4 aromatic carbocycles. The molecule has 230 valence electrons. The third-order valence-corrected chi connectivity index (χ3v) is 25.0. The molecule has 0 saturated heterocycles. The van der Waals surface area contributed by atoms with Crippen molar-refractivity contribution in [1.29, 1.82) is 0 Å². The molecule has 0 bridgehead atoms. The largest absolute Gasteiger partial charge is 1.00 e.